The Morgan fingerprint density at radius 2 is 2.20 bits per heavy atom. The number of aromatic carboxylic acids is 1. The van der Waals surface area contributed by atoms with Crippen molar-refractivity contribution in [2.75, 3.05) is 11.9 Å². The van der Waals surface area contributed by atoms with Crippen LogP contribution in [0.15, 0.2) is 12.3 Å². The van der Waals surface area contributed by atoms with Gasteiger partial charge in [-0.1, -0.05) is 0 Å². The van der Waals surface area contributed by atoms with Gasteiger partial charge in [-0.15, -0.1) is 0 Å². The van der Waals surface area contributed by atoms with Crippen LogP contribution in [0, 0.1) is 5.82 Å². The molecule has 0 atom stereocenters. The predicted molar refractivity (Wildman–Crippen MR) is 70.0 cm³/mol. The number of nitrogens with one attached hydrogen (secondary N) is 2. The zero-order valence-corrected chi connectivity index (χ0v) is 10.9. The van der Waals surface area contributed by atoms with Gasteiger partial charge in [0.05, 0.1) is 0 Å². The van der Waals surface area contributed by atoms with Crippen LogP contribution in [0.4, 0.5) is 10.2 Å². The van der Waals surface area contributed by atoms with E-state index in [9.17, 15) is 14.0 Å². The zero-order valence-electron chi connectivity index (χ0n) is 10.9. The standard InChI is InChI=1S/C13H16FN3O3/c14-11-9(13(19)20)5-7-16-12(11)15-6-1-2-10(18)17-8-3-4-8/h5,7-8H,1-4,6H2,(H,15,16)(H,17,18)(H,19,20). The van der Waals surface area contributed by atoms with Crippen LogP contribution < -0.4 is 10.6 Å². The lowest BCUT2D eigenvalue weighted by Gasteiger charge is -2.08. The number of halogens is 1. The van der Waals surface area contributed by atoms with E-state index in [1.54, 1.807) is 0 Å². The Morgan fingerprint density at radius 1 is 1.45 bits per heavy atom. The van der Waals surface area contributed by atoms with Gasteiger partial charge in [0.1, 0.15) is 5.56 Å². The molecule has 0 spiro atoms. The molecule has 3 N–H and O–H groups in total. The Morgan fingerprint density at radius 3 is 2.85 bits per heavy atom. The van der Waals surface area contributed by atoms with Gasteiger partial charge in [-0.05, 0) is 25.3 Å². The Bertz CT molecular complexity index is 518. The second-order valence-electron chi connectivity index (χ2n) is 4.70. The molecule has 1 aromatic heterocycles. The van der Waals surface area contributed by atoms with Gasteiger partial charge in [-0.2, -0.15) is 0 Å². The van der Waals surface area contributed by atoms with E-state index < -0.39 is 17.3 Å². The van der Waals surface area contributed by atoms with E-state index in [0.717, 1.165) is 18.9 Å². The monoisotopic (exact) mass is 281 g/mol. The molecule has 0 bridgehead atoms. The van der Waals surface area contributed by atoms with Crippen LogP contribution >= 0.6 is 0 Å². The molecule has 1 saturated carbocycles. The van der Waals surface area contributed by atoms with Crippen molar-refractivity contribution in [3.05, 3.63) is 23.6 Å². The lowest BCUT2D eigenvalue weighted by Crippen LogP contribution is -2.25. The number of carboxylic acids is 1. The third kappa shape index (κ3) is 3.91. The highest BCUT2D eigenvalue weighted by Gasteiger charge is 2.22. The average molecular weight is 281 g/mol. The number of pyridine rings is 1. The number of carbonyl (C=O) groups is 2. The SMILES string of the molecule is O=C(CCCNc1nccc(C(=O)O)c1F)NC1CC1. The molecule has 1 amide bonds. The molecule has 0 aliphatic heterocycles. The lowest BCUT2D eigenvalue weighted by molar-refractivity contribution is -0.121. The number of aromatic nitrogens is 1. The molecule has 20 heavy (non-hydrogen) atoms. The van der Waals surface area contributed by atoms with Gasteiger partial charge in [-0.25, -0.2) is 14.2 Å². The van der Waals surface area contributed by atoms with E-state index in [1.165, 1.54) is 6.20 Å². The van der Waals surface area contributed by atoms with Crippen LogP contribution in [-0.2, 0) is 4.79 Å². The van der Waals surface area contributed by atoms with Crippen LogP contribution in [0.1, 0.15) is 36.0 Å². The smallest absolute Gasteiger partial charge is 0.338 e. The molecular formula is C13H16FN3O3. The third-order valence-corrected chi connectivity index (χ3v) is 2.94. The number of rotatable bonds is 7. The van der Waals surface area contributed by atoms with E-state index in [1.807, 2.05) is 0 Å². The van der Waals surface area contributed by atoms with Crippen molar-refractivity contribution in [1.82, 2.24) is 10.3 Å². The van der Waals surface area contributed by atoms with Crippen LogP contribution in [0.3, 0.4) is 0 Å². The first kappa shape index (κ1) is 14.2. The van der Waals surface area contributed by atoms with E-state index in [0.29, 0.717) is 25.4 Å². The lowest BCUT2D eigenvalue weighted by atomic mass is 10.2. The topological polar surface area (TPSA) is 91.3 Å². The van der Waals surface area contributed by atoms with Crippen molar-refractivity contribution < 1.29 is 19.1 Å². The predicted octanol–water partition coefficient (Wildman–Crippen LogP) is 1.39. The summed E-state index contributed by atoms with van der Waals surface area (Å²) in [5.74, 6) is -2.34. The van der Waals surface area contributed by atoms with Crippen molar-refractivity contribution in [3.8, 4) is 0 Å². The summed E-state index contributed by atoms with van der Waals surface area (Å²) >= 11 is 0. The first-order valence-corrected chi connectivity index (χ1v) is 6.49. The molecule has 1 aliphatic carbocycles. The van der Waals surface area contributed by atoms with Crippen LogP contribution in [0.25, 0.3) is 0 Å². The highest BCUT2D eigenvalue weighted by atomic mass is 19.1. The highest BCUT2D eigenvalue weighted by molar-refractivity contribution is 5.88. The summed E-state index contributed by atoms with van der Waals surface area (Å²) in [7, 11) is 0. The second-order valence-corrected chi connectivity index (χ2v) is 4.70. The minimum Gasteiger partial charge on any atom is -0.478 e. The van der Waals surface area contributed by atoms with E-state index in [2.05, 4.69) is 15.6 Å². The number of hydrogen-bond donors (Lipinski definition) is 3. The van der Waals surface area contributed by atoms with Gasteiger partial charge in [0, 0.05) is 25.2 Å². The van der Waals surface area contributed by atoms with Crippen molar-refractivity contribution in [1.29, 1.82) is 0 Å². The van der Waals surface area contributed by atoms with Gasteiger partial charge in [0.25, 0.3) is 0 Å². The Kier molecular flexibility index (Phi) is 4.49. The number of carbonyl (C=O) groups excluding carboxylic acids is 1. The summed E-state index contributed by atoms with van der Waals surface area (Å²) < 4.78 is 13.7. The molecule has 7 heteroatoms. The third-order valence-electron chi connectivity index (χ3n) is 2.94. The van der Waals surface area contributed by atoms with Gasteiger partial charge in [0.2, 0.25) is 5.91 Å². The largest absolute Gasteiger partial charge is 0.478 e. The minimum atomic E-state index is -1.34. The average Bonchev–Trinajstić information content (AvgIpc) is 3.19. The molecule has 0 saturated heterocycles. The minimum absolute atomic E-state index is 0.0120. The molecule has 6 nitrogen and oxygen atoms in total. The molecular weight excluding hydrogens is 265 g/mol. The molecule has 2 rings (SSSR count). The van der Waals surface area contributed by atoms with Gasteiger partial charge >= 0.3 is 5.97 Å². The fraction of sp³-hybridized carbons (Fsp3) is 0.462. The molecule has 1 aliphatic rings. The molecule has 0 radical (unpaired) electrons. The molecule has 1 heterocycles. The van der Waals surface area contributed by atoms with E-state index >= 15 is 0 Å². The molecule has 1 fully saturated rings. The fourth-order valence-corrected chi connectivity index (χ4v) is 1.72. The maximum Gasteiger partial charge on any atom is 0.338 e. The second kappa shape index (κ2) is 6.31. The summed E-state index contributed by atoms with van der Waals surface area (Å²) in [5, 5.41) is 14.3. The Hall–Kier alpha value is -2.18. The number of carboxylic acid groups (broad SMARTS) is 1. The van der Waals surface area contributed by atoms with Gasteiger partial charge in [0.15, 0.2) is 11.6 Å². The van der Waals surface area contributed by atoms with Gasteiger partial charge in [-0.3, -0.25) is 4.79 Å². The van der Waals surface area contributed by atoms with E-state index in [4.69, 9.17) is 5.11 Å². The van der Waals surface area contributed by atoms with Crippen molar-refractivity contribution in [3.63, 3.8) is 0 Å². The van der Waals surface area contributed by atoms with Crippen LogP contribution in [0.2, 0.25) is 0 Å². The Labute approximate surface area is 115 Å². The quantitative estimate of drug-likeness (QED) is 0.657. The molecule has 1 aromatic rings. The normalized spacial score (nSPS) is 13.8. The fourth-order valence-electron chi connectivity index (χ4n) is 1.72. The van der Waals surface area contributed by atoms with Crippen molar-refractivity contribution >= 4 is 17.7 Å². The zero-order chi connectivity index (χ0) is 14.5. The summed E-state index contributed by atoms with van der Waals surface area (Å²) in [5.41, 5.74) is -0.422. The first-order valence-electron chi connectivity index (χ1n) is 6.49. The molecule has 108 valence electrons. The summed E-state index contributed by atoms with van der Waals surface area (Å²) in [6.07, 6.45) is 4.19. The number of hydrogen-bond acceptors (Lipinski definition) is 4. The maximum absolute atomic E-state index is 13.7. The molecule has 0 aromatic carbocycles. The summed E-state index contributed by atoms with van der Waals surface area (Å²) in [4.78, 5) is 25.9. The number of amides is 1. The summed E-state index contributed by atoms with van der Waals surface area (Å²) in [6.45, 7) is 0.352. The maximum atomic E-state index is 13.7. The summed E-state index contributed by atoms with van der Waals surface area (Å²) in [6, 6.07) is 1.44. The Balaban J connectivity index is 1.77. The van der Waals surface area contributed by atoms with Gasteiger partial charge < -0.3 is 15.7 Å². The number of nitrogens with zero attached hydrogens (tertiary/aromatic N) is 1. The van der Waals surface area contributed by atoms with Crippen molar-refractivity contribution in [2.24, 2.45) is 0 Å². The first-order chi connectivity index (χ1) is 9.58. The van der Waals surface area contributed by atoms with Crippen LogP contribution in [0.5, 0.6) is 0 Å². The highest BCUT2D eigenvalue weighted by Crippen LogP contribution is 2.19. The number of anilines is 1. The molecule has 0 unspecified atom stereocenters. The van der Waals surface area contributed by atoms with Crippen molar-refractivity contribution in [2.45, 2.75) is 31.7 Å². The van der Waals surface area contributed by atoms with Crippen LogP contribution in [-0.4, -0.2) is 34.6 Å². The van der Waals surface area contributed by atoms with E-state index in [-0.39, 0.29) is 11.7 Å².